The fourth-order valence-corrected chi connectivity index (χ4v) is 2.93. The Balaban J connectivity index is 1.67. The Bertz CT molecular complexity index is 1050. The molecule has 0 aliphatic carbocycles. The predicted octanol–water partition coefficient (Wildman–Crippen LogP) is 2.98. The van der Waals surface area contributed by atoms with Crippen LogP contribution in [-0.4, -0.2) is 26.7 Å². The Morgan fingerprint density at radius 3 is 2.54 bits per heavy atom. The molecule has 0 aliphatic rings. The van der Waals surface area contributed by atoms with Crippen LogP contribution in [-0.2, 0) is 6.54 Å². The fourth-order valence-electron chi connectivity index (χ4n) is 2.76. The van der Waals surface area contributed by atoms with Gasteiger partial charge in [-0.3, -0.25) is 25.1 Å². The highest BCUT2D eigenvalue weighted by Crippen LogP contribution is 2.21. The number of carbonyl (C=O) groups excluding carboxylic acids is 2. The second-order valence-electron chi connectivity index (χ2n) is 6.35. The maximum Gasteiger partial charge on any atom is 0.273 e. The number of amides is 2. The van der Waals surface area contributed by atoms with Gasteiger partial charge >= 0.3 is 0 Å². The largest absolute Gasteiger partial charge is 0.507 e. The van der Waals surface area contributed by atoms with Gasteiger partial charge in [0.15, 0.2) is 0 Å². The number of nitrogens with one attached hydrogen (secondary N) is 2. The average molecular weight is 399 g/mol. The molecular weight excluding hydrogens is 380 g/mol. The van der Waals surface area contributed by atoms with E-state index in [1.165, 1.54) is 18.2 Å². The maximum absolute atomic E-state index is 12.4. The van der Waals surface area contributed by atoms with Crippen molar-refractivity contribution in [3.63, 3.8) is 0 Å². The molecular formula is C20H19ClN4O3. The first-order valence-corrected chi connectivity index (χ1v) is 8.90. The van der Waals surface area contributed by atoms with Crippen molar-refractivity contribution in [1.82, 2.24) is 20.6 Å². The molecule has 3 N–H and O–H groups in total. The van der Waals surface area contributed by atoms with Crippen LogP contribution in [0.2, 0.25) is 5.02 Å². The highest BCUT2D eigenvalue weighted by atomic mass is 35.5. The van der Waals surface area contributed by atoms with E-state index >= 15 is 0 Å². The summed E-state index contributed by atoms with van der Waals surface area (Å²) in [6.07, 6.45) is 0. The van der Waals surface area contributed by atoms with Crippen molar-refractivity contribution >= 4 is 23.4 Å². The number of rotatable bonds is 4. The van der Waals surface area contributed by atoms with Crippen LogP contribution in [0.4, 0.5) is 0 Å². The third kappa shape index (κ3) is 4.50. The summed E-state index contributed by atoms with van der Waals surface area (Å²) in [5.74, 6) is -1.39. The molecule has 0 aliphatic heterocycles. The highest BCUT2D eigenvalue weighted by molar-refractivity contribution is 6.31. The first-order valence-electron chi connectivity index (χ1n) is 8.52. The minimum atomic E-state index is -0.674. The van der Waals surface area contributed by atoms with E-state index < -0.39 is 11.8 Å². The van der Waals surface area contributed by atoms with Crippen molar-refractivity contribution in [1.29, 1.82) is 0 Å². The standard InChI is InChI=1S/C20H19ClN4O3/c1-12-8-13(2)25(24-12)11-14-4-3-5-15(9-14)19(27)22-23-20(28)17-10-16(21)6-7-18(17)26/h3-10,26H,11H2,1-2H3,(H,22,27)(H,23,28). The van der Waals surface area contributed by atoms with Gasteiger partial charge in [0.25, 0.3) is 11.8 Å². The first-order chi connectivity index (χ1) is 13.3. The predicted molar refractivity (Wildman–Crippen MR) is 105 cm³/mol. The summed E-state index contributed by atoms with van der Waals surface area (Å²) in [6.45, 7) is 4.43. The van der Waals surface area contributed by atoms with E-state index in [1.807, 2.05) is 30.7 Å². The zero-order chi connectivity index (χ0) is 20.3. The number of hydrazine groups is 1. The molecule has 1 aromatic heterocycles. The molecule has 8 heteroatoms. The smallest absolute Gasteiger partial charge is 0.273 e. The van der Waals surface area contributed by atoms with Crippen LogP contribution >= 0.6 is 11.6 Å². The van der Waals surface area contributed by atoms with Crippen molar-refractivity contribution in [2.45, 2.75) is 20.4 Å². The van der Waals surface area contributed by atoms with Gasteiger partial charge in [0, 0.05) is 16.3 Å². The van der Waals surface area contributed by atoms with Crippen LogP contribution < -0.4 is 10.9 Å². The molecule has 1 heterocycles. The molecule has 0 bridgehead atoms. The normalized spacial score (nSPS) is 10.5. The molecule has 2 aromatic carbocycles. The molecule has 0 atom stereocenters. The van der Waals surface area contributed by atoms with Crippen LogP contribution in [0.3, 0.4) is 0 Å². The second kappa shape index (κ2) is 8.14. The molecule has 0 radical (unpaired) electrons. The summed E-state index contributed by atoms with van der Waals surface area (Å²) in [6, 6.07) is 13.1. The second-order valence-corrected chi connectivity index (χ2v) is 6.79. The van der Waals surface area contributed by atoms with Crippen molar-refractivity contribution in [2.75, 3.05) is 0 Å². The van der Waals surface area contributed by atoms with E-state index in [0.29, 0.717) is 17.1 Å². The molecule has 28 heavy (non-hydrogen) atoms. The average Bonchev–Trinajstić information content (AvgIpc) is 2.98. The number of aromatic hydroxyl groups is 1. The van der Waals surface area contributed by atoms with Crippen LogP contribution in [0.1, 0.15) is 37.7 Å². The van der Waals surface area contributed by atoms with Gasteiger partial charge in [0.1, 0.15) is 5.75 Å². The summed E-state index contributed by atoms with van der Waals surface area (Å²) in [5.41, 5.74) is 7.81. The van der Waals surface area contributed by atoms with Gasteiger partial charge in [0.05, 0.1) is 17.8 Å². The number of hydrogen-bond donors (Lipinski definition) is 3. The lowest BCUT2D eigenvalue weighted by Gasteiger charge is -2.10. The van der Waals surface area contributed by atoms with E-state index in [9.17, 15) is 14.7 Å². The SMILES string of the molecule is Cc1cc(C)n(Cc2cccc(C(=O)NNC(=O)c3cc(Cl)ccc3O)c2)n1. The van der Waals surface area contributed by atoms with Crippen LogP contribution in [0.5, 0.6) is 5.75 Å². The minimum absolute atomic E-state index is 0.0360. The summed E-state index contributed by atoms with van der Waals surface area (Å²) in [5, 5.41) is 14.5. The molecule has 0 saturated heterocycles. The minimum Gasteiger partial charge on any atom is -0.507 e. The number of phenolic OH excluding ortho intramolecular Hbond substituents is 1. The number of carbonyl (C=O) groups is 2. The third-order valence-electron chi connectivity index (χ3n) is 4.12. The number of aromatic nitrogens is 2. The van der Waals surface area contributed by atoms with Crippen LogP contribution in [0.15, 0.2) is 48.5 Å². The fraction of sp³-hybridized carbons (Fsp3) is 0.150. The molecule has 3 rings (SSSR count). The van der Waals surface area contributed by atoms with Crippen molar-refractivity contribution in [3.05, 3.63) is 81.6 Å². The highest BCUT2D eigenvalue weighted by Gasteiger charge is 2.14. The van der Waals surface area contributed by atoms with E-state index in [1.54, 1.807) is 18.2 Å². The van der Waals surface area contributed by atoms with E-state index in [2.05, 4.69) is 16.0 Å². The number of hydrogen-bond acceptors (Lipinski definition) is 4. The zero-order valence-corrected chi connectivity index (χ0v) is 16.1. The maximum atomic E-state index is 12.4. The van der Waals surface area contributed by atoms with Gasteiger partial charge in [-0.25, -0.2) is 0 Å². The molecule has 3 aromatic rings. The van der Waals surface area contributed by atoms with Gasteiger partial charge < -0.3 is 5.11 Å². The summed E-state index contributed by atoms with van der Waals surface area (Å²) < 4.78 is 1.86. The molecule has 2 amide bonds. The number of benzene rings is 2. The van der Waals surface area contributed by atoms with Gasteiger partial charge in [0.2, 0.25) is 0 Å². The van der Waals surface area contributed by atoms with Gasteiger partial charge in [-0.05, 0) is 55.8 Å². The van der Waals surface area contributed by atoms with Gasteiger partial charge in [-0.1, -0.05) is 23.7 Å². The Morgan fingerprint density at radius 2 is 1.82 bits per heavy atom. The lowest BCUT2D eigenvalue weighted by atomic mass is 10.1. The summed E-state index contributed by atoms with van der Waals surface area (Å²) >= 11 is 5.83. The Morgan fingerprint density at radius 1 is 1.07 bits per heavy atom. The number of aryl methyl sites for hydroxylation is 2. The first kappa shape index (κ1) is 19.4. The quantitative estimate of drug-likeness (QED) is 0.588. The zero-order valence-electron chi connectivity index (χ0n) is 15.4. The number of nitrogens with zero attached hydrogens (tertiary/aromatic N) is 2. The molecule has 0 fully saturated rings. The molecule has 0 spiro atoms. The Hall–Kier alpha value is -3.32. The van der Waals surface area contributed by atoms with E-state index in [4.69, 9.17) is 11.6 Å². The van der Waals surface area contributed by atoms with E-state index in [0.717, 1.165) is 17.0 Å². The van der Waals surface area contributed by atoms with E-state index in [-0.39, 0.29) is 11.3 Å². The van der Waals surface area contributed by atoms with Gasteiger partial charge in [-0.15, -0.1) is 0 Å². The molecule has 0 unspecified atom stereocenters. The third-order valence-corrected chi connectivity index (χ3v) is 4.35. The molecule has 0 saturated carbocycles. The Kier molecular flexibility index (Phi) is 5.65. The topological polar surface area (TPSA) is 96.2 Å². The van der Waals surface area contributed by atoms with Crippen molar-refractivity contribution in [3.8, 4) is 5.75 Å². The number of phenols is 1. The Labute approximate surface area is 166 Å². The van der Waals surface area contributed by atoms with Crippen molar-refractivity contribution in [2.24, 2.45) is 0 Å². The lowest BCUT2D eigenvalue weighted by Crippen LogP contribution is -2.41. The number of halogens is 1. The molecule has 144 valence electrons. The van der Waals surface area contributed by atoms with Crippen LogP contribution in [0, 0.1) is 13.8 Å². The van der Waals surface area contributed by atoms with Crippen molar-refractivity contribution < 1.29 is 14.7 Å². The monoisotopic (exact) mass is 398 g/mol. The van der Waals surface area contributed by atoms with Gasteiger partial charge in [-0.2, -0.15) is 5.10 Å². The summed E-state index contributed by atoms with van der Waals surface area (Å²) in [7, 11) is 0. The van der Waals surface area contributed by atoms with Crippen LogP contribution in [0.25, 0.3) is 0 Å². The summed E-state index contributed by atoms with van der Waals surface area (Å²) in [4.78, 5) is 24.5. The molecule has 7 nitrogen and oxygen atoms in total. The lowest BCUT2D eigenvalue weighted by molar-refractivity contribution is 0.0845.